The van der Waals surface area contributed by atoms with Crippen molar-refractivity contribution in [3.63, 3.8) is 0 Å². The molecule has 0 saturated carbocycles. The summed E-state index contributed by atoms with van der Waals surface area (Å²) in [6, 6.07) is 20.4. The minimum atomic E-state index is -3.76. The first-order valence-corrected chi connectivity index (χ1v) is 10.4. The van der Waals surface area contributed by atoms with Gasteiger partial charge in [0.1, 0.15) is 12.4 Å². The Kier molecular flexibility index (Phi) is 6.57. The maximum absolute atomic E-state index is 12.2. The molecule has 1 N–H and O–H groups in total. The number of nitrogens with zero attached hydrogens (tertiary/aromatic N) is 1. The van der Waals surface area contributed by atoms with Gasteiger partial charge in [0.2, 0.25) is 0 Å². The van der Waals surface area contributed by atoms with E-state index in [1.807, 2.05) is 18.2 Å². The van der Waals surface area contributed by atoms with Gasteiger partial charge in [-0.1, -0.05) is 47.5 Å². The molecule has 3 rings (SSSR count). The summed E-state index contributed by atoms with van der Waals surface area (Å²) in [6.45, 7) is 0.390. The summed E-state index contributed by atoms with van der Waals surface area (Å²) in [5, 5.41) is 4.94. The van der Waals surface area contributed by atoms with Crippen molar-refractivity contribution in [2.75, 3.05) is 0 Å². The molecule has 0 aromatic heterocycles. The molecule has 28 heavy (non-hydrogen) atoms. The van der Waals surface area contributed by atoms with Gasteiger partial charge in [0.15, 0.2) is 0 Å². The number of hydrogen-bond acceptors (Lipinski definition) is 4. The lowest BCUT2D eigenvalue weighted by atomic mass is 10.2. The third kappa shape index (κ3) is 5.73. The number of nitrogens with one attached hydrogen (secondary N) is 1. The monoisotopic (exact) mass is 434 g/mol. The lowest BCUT2D eigenvalue weighted by Crippen LogP contribution is -2.18. The smallest absolute Gasteiger partial charge is 0.276 e. The van der Waals surface area contributed by atoms with Crippen LogP contribution in [0.2, 0.25) is 10.0 Å². The molecule has 8 heteroatoms. The van der Waals surface area contributed by atoms with Gasteiger partial charge < -0.3 is 4.74 Å². The van der Waals surface area contributed by atoms with Crippen LogP contribution in [0.5, 0.6) is 5.75 Å². The van der Waals surface area contributed by atoms with E-state index in [0.29, 0.717) is 28.0 Å². The van der Waals surface area contributed by atoms with Crippen LogP contribution in [0.1, 0.15) is 11.1 Å². The van der Waals surface area contributed by atoms with Crippen LogP contribution in [-0.2, 0) is 16.6 Å². The quantitative estimate of drug-likeness (QED) is 0.425. The summed E-state index contributed by atoms with van der Waals surface area (Å²) in [7, 11) is -3.76. The zero-order valence-electron chi connectivity index (χ0n) is 14.5. The van der Waals surface area contributed by atoms with Crippen LogP contribution in [0, 0.1) is 0 Å². The second-order valence-corrected chi connectivity index (χ2v) is 8.33. The van der Waals surface area contributed by atoms with Gasteiger partial charge in [0.05, 0.1) is 11.1 Å². The van der Waals surface area contributed by atoms with Crippen LogP contribution in [-0.4, -0.2) is 14.6 Å². The fourth-order valence-corrected chi connectivity index (χ4v) is 3.31. The summed E-state index contributed by atoms with van der Waals surface area (Å²) < 4.78 is 30.1. The Labute approximate surface area is 173 Å². The van der Waals surface area contributed by atoms with Crippen LogP contribution in [0.3, 0.4) is 0 Å². The van der Waals surface area contributed by atoms with Crippen LogP contribution in [0.4, 0.5) is 0 Å². The van der Waals surface area contributed by atoms with Gasteiger partial charge in [-0.3, -0.25) is 0 Å². The van der Waals surface area contributed by atoms with E-state index in [1.54, 1.807) is 30.3 Å². The third-order valence-corrected chi connectivity index (χ3v) is 5.43. The molecule has 0 aliphatic carbocycles. The number of sulfonamides is 1. The molecular weight excluding hydrogens is 419 g/mol. The average Bonchev–Trinajstić information content (AvgIpc) is 2.68. The number of ether oxygens (including phenoxy) is 1. The first-order chi connectivity index (χ1) is 13.4. The SMILES string of the molecule is O=S(=O)(N/N=C\c1cccc(OCc2ccc(Cl)cc2)c1)c1ccc(Cl)cc1. The van der Waals surface area contributed by atoms with Crippen molar-refractivity contribution < 1.29 is 13.2 Å². The molecule has 0 saturated heterocycles. The molecule has 0 spiro atoms. The Morgan fingerprint density at radius 3 is 2.25 bits per heavy atom. The number of hydrogen-bond donors (Lipinski definition) is 1. The predicted octanol–water partition coefficient (Wildman–Crippen LogP) is 4.88. The normalized spacial score (nSPS) is 11.5. The van der Waals surface area contributed by atoms with E-state index in [2.05, 4.69) is 9.93 Å². The molecule has 0 unspecified atom stereocenters. The van der Waals surface area contributed by atoms with E-state index in [-0.39, 0.29) is 4.90 Å². The lowest BCUT2D eigenvalue weighted by molar-refractivity contribution is 0.306. The summed E-state index contributed by atoms with van der Waals surface area (Å²) in [6.07, 6.45) is 1.41. The van der Waals surface area contributed by atoms with E-state index >= 15 is 0 Å². The Balaban J connectivity index is 1.62. The zero-order valence-corrected chi connectivity index (χ0v) is 16.9. The van der Waals surface area contributed by atoms with Crippen LogP contribution in [0.15, 0.2) is 82.8 Å². The molecule has 3 aromatic rings. The van der Waals surface area contributed by atoms with E-state index in [0.717, 1.165) is 5.56 Å². The molecule has 0 aliphatic heterocycles. The summed E-state index contributed by atoms with van der Waals surface area (Å²) in [5.74, 6) is 0.638. The minimum absolute atomic E-state index is 0.0779. The number of rotatable bonds is 7. The Morgan fingerprint density at radius 2 is 1.57 bits per heavy atom. The maximum Gasteiger partial charge on any atom is 0.276 e. The molecular formula is C20H16Cl2N2O3S. The minimum Gasteiger partial charge on any atom is -0.489 e. The molecule has 0 fully saturated rings. The van der Waals surface area contributed by atoms with E-state index < -0.39 is 10.0 Å². The average molecular weight is 435 g/mol. The van der Waals surface area contributed by atoms with E-state index in [9.17, 15) is 8.42 Å². The molecule has 3 aromatic carbocycles. The second kappa shape index (κ2) is 9.10. The highest BCUT2D eigenvalue weighted by Gasteiger charge is 2.11. The van der Waals surface area contributed by atoms with Crippen molar-refractivity contribution in [3.8, 4) is 5.75 Å². The van der Waals surface area contributed by atoms with Gasteiger partial charge in [-0.05, 0) is 59.7 Å². The molecule has 0 radical (unpaired) electrons. The van der Waals surface area contributed by atoms with Crippen molar-refractivity contribution in [1.29, 1.82) is 0 Å². The van der Waals surface area contributed by atoms with Crippen LogP contribution < -0.4 is 9.57 Å². The lowest BCUT2D eigenvalue weighted by Gasteiger charge is -2.07. The summed E-state index contributed by atoms with van der Waals surface area (Å²) >= 11 is 11.6. The van der Waals surface area contributed by atoms with Gasteiger partial charge >= 0.3 is 0 Å². The van der Waals surface area contributed by atoms with Crippen LogP contribution >= 0.6 is 23.2 Å². The largest absolute Gasteiger partial charge is 0.489 e. The highest BCUT2D eigenvalue weighted by Crippen LogP contribution is 2.16. The van der Waals surface area contributed by atoms with Gasteiger partial charge in [-0.25, -0.2) is 4.83 Å². The number of halogens is 2. The summed E-state index contributed by atoms with van der Waals surface area (Å²) in [4.78, 5) is 2.25. The van der Waals surface area contributed by atoms with E-state index in [1.165, 1.54) is 30.5 Å². The molecule has 0 aliphatic rings. The van der Waals surface area contributed by atoms with Gasteiger partial charge in [0, 0.05) is 10.0 Å². The van der Waals surface area contributed by atoms with Crippen LogP contribution in [0.25, 0.3) is 0 Å². The second-order valence-electron chi connectivity index (χ2n) is 5.79. The van der Waals surface area contributed by atoms with Gasteiger partial charge in [0.25, 0.3) is 10.0 Å². The third-order valence-electron chi connectivity index (χ3n) is 3.69. The topological polar surface area (TPSA) is 67.8 Å². The molecule has 0 amide bonds. The Hall–Kier alpha value is -2.54. The highest BCUT2D eigenvalue weighted by molar-refractivity contribution is 7.89. The standard InChI is InChI=1S/C20H16Cl2N2O3S/c21-17-6-4-15(5-7-17)14-27-19-3-1-2-16(12-19)13-23-24-28(25,26)20-10-8-18(22)9-11-20/h1-13,24H,14H2/b23-13-. The van der Waals surface area contributed by atoms with Crippen molar-refractivity contribution in [2.24, 2.45) is 5.10 Å². The van der Waals surface area contributed by atoms with Crippen molar-refractivity contribution in [1.82, 2.24) is 4.83 Å². The van der Waals surface area contributed by atoms with Crippen molar-refractivity contribution in [3.05, 3.63) is 94.0 Å². The first kappa shape index (κ1) is 20.2. The highest BCUT2D eigenvalue weighted by atomic mass is 35.5. The fourth-order valence-electron chi connectivity index (χ4n) is 2.27. The predicted molar refractivity (Wildman–Crippen MR) is 112 cm³/mol. The Bertz CT molecular complexity index is 1070. The molecule has 144 valence electrons. The van der Waals surface area contributed by atoms with E-state index in [4.69, 9.17) is 27.9 Å². The van der Waals surface area contributed by atoms with Crippen molar-refractivity contribution >= 4 is 39.4 Å². The maximum atomic E-state index is 12.2. The number of benzene rings is 3. The first-order valence-electron chi connectivity index (χ1n) is 8.20. The molecule has 0 heterocycles. The van der Waals surface area contributed by atoms with Gasteiger partial charge in [-0.15, -0.1) is 0 Å². The van der Waals surface area contributed by atoms with Gasteiger partial charge in [-0.2, -0.15) is 13.5 Å². The Morgan fingerprint density at radius 1 is 0.929 bits per heavy atom. The summed E-state index contributed by atoms with van der Waals surface area (Å²) in [5.41, 5.74) is 1.67. The zero-order chi connectivity index (χ0) is 20.0. The number of hydrazone groups is 1. The molecule has 0 bridgehead atoms. The fraction of sp³-hybridized carbons (Fsp3) is 0.0500. The molecule has 5 nitrogen and oxygen atoms in total. The molecule has 0 atom stereocenters. The van der Waals surface area contributed by atoms with Crippen molar-refractivity contribution in [2.45, 2.75) is 11.5 Å².